The fourth-order valence-electron chi connectivity index (χ4n) is 3.47. The van der Waals surface area contributed by atoms with Crippen molar-refractivity contribution in [3.05, 3.63) is 70.8 Å². The Bertz CT molecular complexity index is 704. The lowest BCUT2D eigenvalue weighted by Crippen LogP contribution is -2.33. The first-order valence-electron chi connectivity index (χ1n) is 9.38. The number of hydrogen-bond acceptors (Lipinski definition) is 2. The second-order valence-electron chi connectivity index (χ2n) is 6.91. The molecule has 0 unspecified atom stereocenters. The van der Waals surface area contributed by atoms with E-state index in [2.05, 4.69) is 60.5 Å². The third-order valence-electron chi connectivity index (χ3n) is 5.15. The molecule has 1 heterocycles. The minimum atomic E-state index is 0.0344. The number of rotatable bonds is 6. The quantitative estimate of drug-likeness (QED) is 0.859. The summed E-state index contributed by atoms with van der Waals surface area (Å²) in [6, 6.07) is 17.0. The van der Waals surface area contributed by atoms with Crippen LogP contribution in [0.4, 0.5) is 0 Å². The van der Waals surface area contributed by atoms with Crippen molar-refractivity contribution < 1.29 is 4.79 Å². The molecule has 0 bridgehead atoms. The van der Waals surface area contributed by atoms with E-state index in [1.54, 1.807) is 0 Å². The number of carbonyl (C=O) groups is 1. The van der Waals surface area contributed by atoms with Crippen molar-refractivity contribution in [2.75, 3.05) is 6.54 Å². The van der Waals surface area contributed by atoms with E-state index in [1.807, 2.05) is 12.1 Å². The van der Waals surface area contributed by atoms with Crippen molar-refractivity contribution in [1.82, 2.24) is 10.2 Å². The van der Waals surface area contributed by atoms with Crippen LogP contribution in [0.25, 0.3) is 0 Å². The van der Waals surface area contributed by atoms with Crippen molar-refractivity contribution in [1.29, 1.82) is 0 Å². The standard InChI is InChI=1S/C22H28N2O/c1-3-21(4-2)23-22(25)19-11-9-17(10-12-19)15-24-14-13-18-7-5-6-8-20(18)16-24/h5-12,21H,3-4,13-16H2,1-2H3,(H,23,25). The smallest absolute Gasteiger partial charge is 0.251 e. The number of benzene rings is 2. The Hall–Kier alpha value is -2.13. The van der Waals surface area contributed by atoms with Gasteiger partial charge in [0.2, 0.25) is 0 Å². The molecule has 0 aliphatic carbocycles. The summed E-state index contributed by atoms with van der Waals surface area (Å²) < 4.78 is 0. The molecule has 0 saturated carbocycles. The molecule has 1 aliphatic heterocycles. The van der Waals surface area contributed by atoms with Gasteiger partial charge in [0.25, 0.3) is 5.91 Å². The molecule has 0 aromatic heterocycles. The van der Waals surface area contributed by atoms with Crippen LogP contribution in [0.2, 0.25) is 0 Å². The molecule has 0 saturated heterocycles. The van der Waals surface area contributed by atoms with Gasteiger partial charge in [0.15, 0.2) is 0 Å². The number of nitrogens with zero attached hydrogens (tertiary/aromatic N) is 1. The molecule has 1 aliphatic rings. The molecule has 1 amide bonds. The molecule has 3 rings (SSSR count). The Morgan fingerprint density at radius 1 is 1.04 bits per heavy atom. The molecular formula is C22H28N2O. The van der Waals surface area contributed by atoms with Crippen LogP contribution in [0.3, 0.4) is 0 Å². The minimum absolute atomic E-state index is 0.0344. The van der Waals surface area contributed by atoms with Crippen LogP contribution >= 0.6 is 0 Å². The highest BCUT2D eigenvalue weighted by Gasteiger charge is 2.16. The summed E-state index contributed by atoms with van der Waals surface area (Å²) >= 11 is 0. The Kier molecular flexibility index (Phi) is 5.87. The van der Waals surface area contributed by atoms with E-state index < -0.39 is 0 Å². The monoisotopic (exact) mass is 336 g/mol. The van der Waals surface area contributed by atoms with Crippen molar-refractivity contribution >= 4 is 5.91 Å². The van der Waals surface area contributed by atoms with Crippen molar-refractivity contribution in [2.45, 2.75) is 52.2 Å². The molecule has 132 valence electrons. The third kappa shape index (κ3) is 4.49. The fraction of sp³-hybridized carbons (Fsp3) is 0.409. The summed E-state index contributed by atoms with van der Waals surface area (Å²) in [6.45, 7) is 7.24. The first-order chi connectivity index (χ1) is 12.2. The molecule has 3 heteroatoms. The van der Waals surface area contributed by atoms with Crippen LogP contribution in [0.5, 0.6) is 0 Å². The Balaban J connectivity index is 1.59. The fourth-order valence-corrected chi connectivity index (χ4v) is 3.47. The van der Waals surface area contributed by atoms with Gasteiger partial charge in [-0.05, 0) is 48.1 Å². The van der Waals surface area contributed by atoms with Gasteiger partial charge < -0.3 is 5.32 Å². The summed E-state index contributed by atoms with van der Waals surface area (Å²) in [6.07, 6.45) is 3.06. The number of carbonyl (C=O) groups excluding carboxylic acids is 1. The van der Waals surface area contributed by atoms with Crippen LogP contribution in [0, 0.1) is 0 Å². The van der Waals surface area contributed by atoms with E-state index in [9.17, 15) is 4.79 Å². The SMILES string of the molecule is CCC(CC)NC(=O)c1ccc(CN2CCc3ccccc3C2)cc1. The maximum absolute atomic E-state index is 12.3. The Labute approximate surface area is 151 Å². The van der Waals surface area contributed by atoms with E-state index in [1.165, 1.54) is 16.7 Å². The van der Waals surface area contributed by atoms with E-state index in [0.717, 1.165) is 44.5 Å². The van der Waals surface area contributed by atoms with E-state index in [-0.39, 0.29) is 11.9 Å². The van der Waals surface area contributed by atoms with E-state index >= 15 is 0 Å². The molecule has 0 radical (unpaired) electrons. The largest absolute Gasteiger partial charge is 0.349 e. The van der Waals surface area contributed by atoms with Crippen molar-refractivity contribution in [3.63, 3.8) is 0 Å². The molecule has 0 spiro atoms. The third-order valence-corrected chi connectivity index (χ3v) is 5.15. The van der Waals surface area contributed by atoms with Crippen LogP contribution in [0.15, 0.2) is 48.5 Å². The van der Waals surface area contributed by atoms with Crippen molar-refractivity contribution in [3.8, 4) is 0 Å². The maximum atomic E-state index is 12.3. The molecular weight excluding hydrogens is 308 g/mol. The summed E-state index contributed by atoms with van der Waals surface area (Å²) in [5.74, 6) is 0.0344. The number of hydrogen-bond donors (Lipinski definition) is 1. The zero-order valence-corrected chi connectivity index (χ0v) is 15.3. The predicted octanol–water partition coefficient (Wildman–Crippen LogP) is 4.16. The second kappa shape index (κ2) is 8.30. The van der Waals surface area contributed by atoms with Gasteiger partial charge >= 0.3 is 0 Å². The van der Waals surface area contributed by atoms with Gasteiger partial charge in [-0.25, -0.2) is 0 Å². The molecule has 0 atom stereocenters. The highest BCUT2D eigenvalue weighted by Crippen LogP contribution is 2.20. The maximum Gasteiger partial charge on any atom is 0.251 e. The number of amides is 1. The number of nitrogens with one attached hydrogen (secondary N) is 1. The normalized spacial score (nSPS) is 14.4. The van der Waals surface area contributed by atoms with E-state index in [4.69, 9.17) is 0 Å². The predicted molar refractivity (Wildman–Crippen MR) is 103 cm³/mol. The van der Waals surface area contributed by atoms with Crippen LogP contribution < -0.4 is 5.32 Å². The van der Waals surface area contributed by atoms with Gasteiger partial charge in [-0.3, -0.25) is 9.69 Å². The summed E-state index contributed by atoms with van der Waals surface area (Å²) in [7, 11) is 0. The molecule has 25 heavy (non-hydrogen) atoms. The molecule has 2 aromatic carbocycles. The van der Waals surface area contributed by atoms with Gasteiger partial charge in [0, 0.05) is 31.2 Å². The van der Waals surface area contributed by atoms with Gasteiger partial charge in [-0.2, -0.15) is 0 Å². The number of fused-ring (bicyclic) bond motifs is 1. The molecule has 3 nitrogen and oxygen atoms in total. The lowest BCUT2D eigenvalue weighted by molar-refractivity contribution is 0.0935. The zero-order chi connectivity index (χ0) is 17.6. The van der Waals surface area contributed by atoms with Gasteiger partial charge in [-0.1, -0.05) is 50.2 Å². The molecule has 1 N–H and O–H groups in total. The summed E-state index contributed by atoms with van der Waals surface area (Å²) in [5, 5.41) is 3.10. The average molecular weight is 336 g/mol. The summed E-state index contributed by atoms with van der Waals surface area (Å²) in [4.78, 5) is 14.8. The first-order valence-corrected chi connectivity index (χ1v) is 9.38. The van der Waals surface area contributed by atoms with Gasteiger partial charge in [0.1, 0.15) is 0 Å². The second-order valence-corrected chi connectivity index (χ2v) is 6.91. The zero-order valence-electron chi connectivity index (χ0n) is 15.3. The van der Waals surface area contributed by atoms with Crippen molar-refractivity contribution in [2.24, 2.45) is 0 Å². The van der Waals surface area contributed by atoms with E-state index in [0.29, 0.717) is 0 Å². The average Bonchev–Trinajstić information content (AvgIpc) is 2.66. The first kappa shape index (κ1) is 17.7. The molecule has 2 aromatic rings. The highest BCUT2D eigenvalue weighted by molar-refractivity contribution is 5.94. The Morgan fingerprint density at radius 3 is 2.40 bits per heavy atom. The molecule has 0 fully saturated rings. The minimum Gasteiger partial charge on any atom is -0.349 e. The lowest BCUT2D eigenvalue weighted by Gasteiger charge is -2.28. The van der Waals surface area contributed by atoms with Crippen LogP contribution in [-0.4, -0.2) is 23.4 Å². The van der Waals surface area contributed by atoms with Gasteiger partial charge in [0.05, 0.1) is 0 Å². The highest BCUT2D eigenvalue weighted by atomic mass is 16.1. The Morgan fingerprint density at radius 2 is 1.72 bits per heavy atom. The van der Waals surface area contributed by atoms with Crippen LogP contribution in [-0.2, 0) is 19.5 Å². The van der Waals surface area contributed by atoms with Crippen LogP contribution in [0.1, 0.15) is 53.7 Å². The lowest BCUT2D eigenvalue weighted by atomic mass is 9.99. The topological polar surface area (TPSA) is 32.3 Å². The van der Waals surface area contributed by atoms with Gasteiger partial charge in [-0.15, -0.1) is 0 Å². The summed E-state index contributed by atoms with van der Waals surface area (Å²) in [5.41, 5.74) is 4.93.